The van der Waals surface area contributed by atoms with Crippen molar-refractivity contribution < 1.29 is 23.5 Å². The summed E-state index contributed by atoms with van der Waals surface area (Å²) in [7, 11) is 3.13. The fourth-order valence-corrected chi connectivity index (χ4v) is 3.88. The van der Waals surface area contributed by atoms with Gasteiger partial charge in [-0.25, -0.2) is 9.37 Å². The number of carbonyl (C=O) groups is 2. The van der Waals surface area contributed by atoms with E-state index in [0.717, 1.165) is 11.3 Å². The standard InChI is InChI=1S/C29H29FN4O4/c1-37-17-16-33(28(36)18-21-6-4-3-5-7-21)20-27(35)32-29-31-26(22-8-10-23(30)11-9-22)19-34(29)24-12-14-25(38-2)15-13-24/h3-15,19H,16-18,20H2,1-2H3,(H,31,32,35). The summed E-state index contributed by atoms with van der Waals surface area (Å²) in [4.78, 5) is 32.2. The molecule has 38 heavy (non-hydrogen) atoms. The van der Waals surface area contributed by atoms with Gasteiger partial charge in [-0.15, -0.1) is 0 Å². The number of carbonyl (C=O) groups excluding carboxylic acids is 2. The third-order valence-corrected chi connectivity index (χ3v) is 5.90. The number of rotatable bonds is 11. The van der Waals surface area contributed by atoms with Crippen molar-refractivity contribution in [2.45, 2.75) is 6.42 Å². The average Bonchev–Trinajstić information content (AvgIpc) is 3.35. The Balaban J connectivity index is 1.57. The van der Waals surface area contributed by atoms with Gasteiger partial charge in [0.1, 0.15) is 18.1 Å². The van der Waals surface area contributed by atoms with Gasteiger partial charge in [-0.1, -0.05) is 30.3 Å². The third kappa shape index (κ3) is 6.83. The number of benzene rings is 3. The molecular weight excluding hydrogens is 487 g/mol. The maximum Gasteiger partial charge on any atom is 0.246 e. The number of aromatic nitrogens is 2. The van der Waals surface area contributed by atoms with Gasteiger partial charge in [0.2, 0.25) is 17.8 Å². The molecule has 3 aromatic carbocycles. The van der Waals surface area contributed by atoms with Crippen LogP contribution in [0.3, 0.4) is 0 Å². The van der Waals surface area contributed by atoms with Crippen LogP contribution in [-0.4, -0.2) is 60.2 Å². The van der Waals surface area contributed by atoms with Crippen LogP contribution in [0.25, 0.3) is 16.9 Å². The fraction of sp³-hybridized carbons (Fsp3) is 0.207. The summed E-state index contributed by atoms with van der Waals surface area (Å²) in [5.74, 6) is 0.00114. The lowest BCUT2D eigenvalue weighted by Gasteiger charge is -2.22. The Morgan fingerprint density at radius 2 is 1.68 bits per heavy atom. The predicted molar refractivity (Wildman–Crippen MR) is 143 cm³/mol. The minimum atomic E-state index is -0.409. The lowest BCUT2D eigenvalue weighted by molar-refractivity contribution is -0.134. The Hall–Kier alpha value is -4.50. The molecule has 0 bridgehead atoms. The maximum absolute atomic E-state index is 13.5. The van der Waals surface area contributed by atoms with Gasteiger partial charge in [0.25, 0.3) is 0 Å². The van der Waals surface area contributed by atoms with Gasteiger partial charge >= 0.3 is 0 Å². The lowest BCUT2D eigenvalue weighted by Crippen LogP contribution is -2.41. The number of methoxy groups -OCH3 is 2. The minimum absolute atomic E-state index is 0.170. The molecule has 1 heterocycles. The first-order valence-electron chi connectivity index (χ1n) is 12.1. The molecule has 0 atom stereocenters. The SMILES string of the molecule is COCCN(CC(=O)Nc1nc(-c2ccc(F)cc2)cn1-c1ccc(OC)cc1)C(=O)Cc1ccccc1. The smallest absolute Gasteiger partial charge is 0.246 e. The second-order valence-corrected chi connectivity index (χ2v) is 8.54. The van der Waals surface area contributed by atoms with E-state index in [1.807, 2.05) is 42.5 Å². The second kappa shape index (κ2) is 12.6. The van der Waals surface area contributed by atoms with E-state index in [0.29, 0.717) is 23.6 Å². The van der Waals surface area contributed by atoms with E-state index in [9.17, 15) is 14.0 Å². The number of hydrogen-bond donors (Lipinski definition) is 1. The molecule has 2 amide bonds. The summed E-state index contributed by atoms with van der Waals surface area (Å²) in [6.07, 6.45) is 1.93. The monoisotopic (exact) mass is 516 g/mol. The molecule has 0 saturated carbocycles. The van der Waals surface area contributed by atoms with Gasteiger partial charge in [0, 0.05) is 31.1 Å². The number of hydrogen-bond acceptors (Lipinski definition) is 5. The highest BCUT2D eigenvalue weighted by Gasteiger charge is 2.20. The van der Waals surface area contributed by atoms with Gasteiger partial charge in [-0.05, 0) is 54.1 Å². The zero-order chi connectivity index (χ0) is 26.9. The van der Waals surface area contributed by atoms with Crippen molar-refractivity contribution in [2.24, 2.45) is 0 Å². The van der Waals surface area contributed by atoms with Crippen molar-refractivity contribution in [3.05, 3.63) is 96.4 Å². The normalized spacial score (nSPS) is 10.7. The van der Waals surface area contributed by atoms with Gasteiger partial charge in [0.05, 0.1) is 25.8 Å². The first-order valence-corrected chi connectivity index (χ1v) is 12.1. The quantitative estimate of drug-likeness (QED) is 0.321. The molecule has 196 valence electrons. The van der Waals surface area contributed by atoms with E-state index in [2.05, 4.69) is 10.3 Å². The molecule has 4 rings (SSSR count). The molecule has 4 aromatic rings. The zero-order valence-electron chi connectivity index (χ0n) is 21.3. The highest BCUT2D eigenvalue weighted by Crippen LogP contribution is 2.26. The Morgan fingerprint density at radius 1 is 0.974 bits per heavy atom. The molecule has 0 aliphatic heterocycles. The molecule has 1 aromatic heterocycles. The largest absolute Gasteiger partial charge is 0.497 e. The number of anilines is 1. The van der Waals surface area contributed by atoms with E-state index in [4.69, 9.17) is 9.47 Å². The van der Waals surface area contributed by atoms with Crippen molar-refractivity contribution in [1.82, 2.24) is 14.5 Å². The van der Waals surface area contributed by atoms with Crippen LogP contribution >= 0.6 is 0 Å². The summed E-state index contributed by atoms with van der Waals surface area (Å²) in [5, 5.41) is 2.84. The summed E-state index contributed by atoms with van der Waals surface area (Å²) >= 11 is 0. The molecule has 0 radical (unpaired) electrons. The van der Waals surface area contributed by atoms with Crippen molar-refractivity contribution in [3.63, 3.8) is 0 Å². The van der Waals surface area contributed by atoms with Crippen LogP contribution in [0.5, 0.6) is 5.75 Å². The fourth-order valence-electron chi connectivity index (χ4n) is 3.88. The van der Waals surface area contributed by atoms with E-state index in [1.165, 1.54) is 17.0 Å². The number of nitrogens with one attached hydrogen (secondary N) is 1. The van der Waals surface area contributed by atoms with Gasteiger partial charge < -0.3 is 14.4 Å². The van der Waals surface area contributed by atoms with Crippen LogP contribution < -0.4 is 10.1 Å². The maximum atomic E-state index is 13.5. The van der Waals surface area contributed by atoms with Gasteiger partial charge in [-0.3, -0.25) is 19.5 Å². The highest BCUT2D eigenvalue weighted by atomic mass is 19.1. The zero-order valence-corrected chi connectivity index (χ0v) is 21.3. The Bertz CT molecular complexity index is 1360. The van der Waals surface area contributed by atoms with Gasteiger partial charge in [0.15, 0.2) is 0 Å². The summed E-state index contributed by atoms with van der Waals surface area (Å²) < 4.78 is 25.6. The minimum Gasteiger partial charge on any atom is -0.497 e. The first kappa shape index (κ1) is 26.6. The Kier molecular flexibility index (Phi) is 8.84. The molecule has 9 heteroatoms. The molecule has 0 saturated heterocycles. The van der Waals surface area contributed by atoms with Crippen LogP contribution in [0.2, 0.25) is 0 Å². The lowest BCUT2D eigenvalue weighted by atomic mass is 10.1. The third-order valence-electron chi connectivity index (χ3n) is 5.90. The first-order chi connectivity index (χ1) is 18.5. The Morgan fingerprint density at radius 3 is 2.34 bits per heavy atom. The molecule has 1 N–H and O–H groups in total. The van der Waals surface area contributed by atoms with E-state index in [1.54, 1.807) is 49.2 Å². The predicted octanol–water partition coefficient (Wildman–Crippen LogP) is 4.34. The van der Waals surface area contributed by atoms with Crippen LogP contribution in [0.4, 0.5) is 10.3 Å². The molecule has 0 fully saturated rings. The van der Waals surface area contributed by atoms with Crippen molar-refractivity contribution in [2.75, 3.05) is 39.2 Å². The van der Waals surface area contributed by atoms with Gasteiger partial charge in [-0.2, -0.15) is 0 Å². The van der Waals surface area contributed by atoms with Crippen molar-refractivity contribution >= 4 is 17.8 Å². The van der Waals surface area contributed by atoms with Crippen LogP contribution in [0.1, 0.15) is 5.56 Å². The molecule has 8 nitrogen and oxygen atoms in total. The van der Waals surface area contributed by atoms with Crippen LogP contribution in [-0.2, 0) is 20.7 Å². The van der Waals surface area contributed by atoms with Crippen LogP contribution in [0, 0.1) is 5.82 Å². The summed E-state index contributed by atoms with van der Waals surface area (Å²) in [6.45, 7) is 0.392. The van der Waals surface area contributed by atoms with Crippen molar-refractivity contribution in [3.8, 4) is 22.7 Å². The molecular formula is C29H29FN4O4. The number of nitrogens with zero attached hydrogens (tertiary/aromatic N) is 3. The number of ether oxygens (including phenoxy) is 2. The van der Waals surface area contributed by atoms with E-state index in [-0.39, 0.29) is 37.2 Å². The summed E-state index contributed by atoms with van der Waals surface area (Å²) in [6, 6.07) is 22.6. The average molecular weight is 517 g/mol. The topological polar surface area (TPSA) is 85.7 Å². The number of halogens is 1. The molecule has 0 aliphatic rings. The number of imidazole rings is 1. The Labute approximate surface area is 220 Å². The van der Waals surface area contributed by atoms with E-state index >= 15 is 0 Å². The highest BCUT2D eigenvalue weighted by molar-refractivity contribution is 5.94. The summed E-state index contributed by atoms with van der Waals surface area (Å²) in [5.41, 5.74) is 2.83. The second-order valence-electron chi connectivity index (χ2n) is 8.54. The molecule has 0 aliphatic carbocycles. The van der Waals surface area contributed by atoms with E-state index < -0.39 is 5.91 Å². The number of amides is 2. The molecule has 0 unspecified atom stereocenters. The molecule has 0 spiro atoms. The van der Waals surface area contributed by atoms with Crippen molar-refractivity contribution in [1.29, 1.82) is 0 Å². The van der Waals surface area contributed by atoms with Crippen LogP contribution in [0.15, 0.2) is 85.1 Å².